The Hall–Kier alpha value is -2.57. The standard InChI is InChI=1S/C25H36N4O3/c1-4-25-12-6-5-8-17-10-11-20-18(14-17)19(15-24(2,3)32-20)27-21(30)9-7-13-29(22(31)16-25)23(26)28-25/h10-11,14,19H,4-9,12-13,15-16H2,1-3H3,(H2,26,28)(H,27,30)/t19-,25+/m0/s1. The van der Waals surface area contributed by atoms with Crippen LogP contribution in [0, 0.1) is 0 Å². The Labute approximate surface area is 190 Å². The number of ether oxygens (including phenoxy) is 1. The summed E-state index contributed by atoms with van der Waals surface area (Å²) in [5.41, 5.74) is 7.79. The van der Waals surface area contributed by atoms with Crippen molar-refractivity contribution in [3.8, 4) is 5.75 Å². The Morgan fingerprint density at radius 1 is 1.22 bits per heavy atom. The first-order valence-electron chi connectivity index (χ1n) is 12.0. The first-order valence-corrected chi connectivity index (χ1v) is 12.0. The maximum atomic E-state index is 12.9. The molecule has 7 nitrogen and oxygen atoms in total. The summed E-state index contributed by atoms with van der Waals surface area (Å²) < 4.78 is 6.20. The number of carbonyl (C=O) groups excluding carboxylic acids is 2. The zero-order valence-electron chi connectivity index (χ0n) is 19.6. The molecule has 32 heavy (non-hydrogen) atoms. The van der Waals surface area contributed by atoms with Crippen LogP contribution in [0.1, 0.15) is 89.3 Å². The van der Waals surface area contributed by atoms with E-state index in [1.165, 1.54) is 5.56 Å². The van der Waals surface area contributed by atoms with Crippen molar-refractivity contribution >= 4 is 17.8 Å². The minimum Gasteiger partial charge on any atom is -0.487 e. The zero-order chi connectivity index (χ0) is 22.9. The lowest BCUT2D eigenvalue weighted by Crippen LogP contribution is -2.51. The van der Waals surface area contributed by atoms with E-state index in [0.717, 1.165) is 49.8 Å². The van der Waals surface area contributed by atoms with Crippen molar-refractivity contribution in [3.63, 3.8) is 0 Å². The van der Waals surface area contributed by atoms with Crippen molar-refractivity contribution in [3.05, 3.63) is 29.3 Å². The quantitative estimate of drug-likeness (QED) is 0.697. The van der Waals surface area contributed by atoms with E-state index in [1.807, 2.05) is 6.07 Å². The SMILES string of the molecule is CC[C@@]12CCCCc3ccc4c(c3)[C@H](CC(C)(C)O4)NC(=O)CCCN(C(=O)C1)C(N)=N2. The number of fused-ring (bicyclic) bond motifs is 8. The molecule has 2 amide bonds. The van der Waals surface area contributed by atoms with Gasteiger partial charge in [0.25, 0.3) is 0 Å². The van der Waals surface area contributed by atoms with Crippen LogP contribution in [0.5, 0.6) is 5.75 Å². The van der Waals surface area contributed by atoms with Crippen molar-refractivity contribution in [2.75, 3.05) is 6.54 Å². The molecule has 4 bridgehead atoms. The molecule has 0 aromatic heterocycles. The minimum atomic E-state index is -0.399. The number of guanidine groups is 1. The third-order valence-electron chi connectivity index (χ3n) is 7.08. The normalized spacial score (nSPS) is 28.4. The molecule has 4 heterocycles. The van der Waals surface area contributed by atoms with Gasteiger partial charge in [-0.05, 0) is 57.6 Å². The van der Waals surface area contributed by atoms with Gasteiger partial charge in [0.2, 0.25) is 11.8 Å². The summed E-state index contributed by atoms with van der Waals surface area (Å²) in [5.74, 6) is 1.16. The van der Waals surface area contributed by atoms with E-state index >= 15 is 0 Å². The molecule has 0 saturated heterocycles. The fraction of sp³-hybridized carbons (Fsp3) is 0.640. The second-order valence-electron chi connectivity index (χ2n) is 10.1. The molecule has 1 aromatic carbocycles. The van der Waals surface area contributed by atoms with Crippen molar-refractivity contribution in [2.45, 2.75) is 95.7 Å². The van der Waals surface area contributed by atoms with E-state index in [-0.39, 0.29) is 23.5 Å². The summed E-state index contributed by atoms with van der Waals surface area (Å²) in [6.45, 7) is 6.61. The highest BCUT2D eigenvalue weighted by molar-refractivity contribution is 5.99. The van der Waals surface area contributed by atoms with Crippen molar-refractivity contribution in [2.24, 2.45) is 10.7 Å². The number of carbonyl (C=O) groups is 2. The molecule has 2 atom stereocenters. The highest BCUT2D eigenvalue weighted by atomic mass is 16.5. The van der Waals surface area contributed by atoms with E-state index in [0.29, 0.717) is 31.8 Å². The smallest absolute Gasteiger partial charge is 0.231 e. The van der Waals surface area contributed by atoms with Gasteiger partial charge in [0.15, 0.2) is 5.96 Å². The summed E-state index contributed by atoms with van der Waals surface area (Å²) in [7, 11) is 0. The molecule has 0 fully saturated rings. The summed E-state index contributed by atoms with van der Waals surface area (Å²) in [6.07, 6.45) is 6.59. The van der Waals surface area contributed by atoms with Crippen LogP contribution < -0.4 is 15.8 Å². The maximum absolute atomic E-state index is 12.9. The number of aryl methyl sites for hydroxylation is 1. The second-order valence-corrected chi connectivity index (χ2v) is 10.1. The molecule has 7 heteroatoms. The van der Waals surface area contributed by atoms with Crippen LogP contribution >= 0.6 is 0 Å². The molecule has 0 radical (unpaired) electrons. The van der Waals surface area contributed by atoms with Crippen LogP contribution in [0.3, 0.4) is 0 Å². The minimum absolute atomic E-state index is 0.0174. The van der Waals surface area contributed by atoms with Gasteiger partial charge in [0, 0.05) is 24.9 Å². The molecule has 4 aliphatic rings. The Balaban J connectivity index is 1.60. The summed E-state index contributed by atoms with van der Waals surface area (Å²) in [4.78, 5) is 32.0. The third kappa shape index (κ3) is 4.76. The highest BCUT2D eigenvalue weighted by Crippen LogP contribution is 2.40. The van der Waals surface area contributed by atoms with Crippen molar-refractivity contribution < 1.29 is 14.3 Å². The molecule has 5 rings (SSSR count). The molecule has 0 unspecified atom stereocenters. The van der Waals surface area contributed by atoms with Crippen LogP contribution in [0.2, 0.25) is 0 Å². The largest absolute Gasteiger partial charge is 0.487 e. The molecular formula is C25H36N4O3. The lowest BCUT2D eigenvalue weighted by molar-refractivity contribution is -0.130. The van der Waals surface area contributed by atoms with Gasteiger partial charge in [-0.1, -0.05) is 25.5 Å². The molecule has 4 aliphatic heterocycles. The van der Waals surface area contributed by atoms with E-state index in [1.54, 1.807) is 4.90 Å². The van der Waals surface area contributed by atoms with Crippen LogP contribution in [-0.2, 0) is 16.0 Å². The average molecular weight is 441 g/mol. The molecule has 1 aromatic rings. The zero-order valence-corrected chi connectivity index (χ0v) is 19.6. The molecule has 0 saturated carbocycles. The van der Waals surface area contributed by atoms with E-state index < -0.39 is 5.54 Å². The Morgan fingerprint density at radius 3 is 2.78 bits per heavy atom. The number of nitrogens with one attached hydrogen (secondary N) is 1. The summed E-state index contributed by atoms with van der Waals surface area (Å²) in [6, 6.07) is 6.29. The Kier molecular flexibility index (Phi) is 6.19. The van der Waals surface area contributed by atoms with E-state index in [2.05, 4.69) is 38.2 Å². The van der Waals surface area contributed by atoms with Gasteiger partial charge >= 0.3 is 0 Å². The predicted molar refractivity (Wildman–Crippen MR) is 124 cm³/mol. The van der Waals surface area contributed by atoms with Crippen LogP contribution in [0.25, 0.3) is 0 Å². The number of aliphatic imine (C=N–C) groups is 1. The monoisotopic (exact) mass is 440 g/mol. The average Bonchev–Trinajstić information content (AvgIpc) is 2.72. The van der Waals surface area contributed by atoms with Gasteiger partial charge in [0.05, 0.1) is 18.0 Å². The summed E-state index contributed by atoms with van der Waals surface area (Å²) >= 11 is 0. The number of nitrogens with two attached hydrogens (primary N) is 1. The fourth-order valence-electron chi connectivity index (χ4n) is 5.25. The number of amides is 2. The van der Waals surface area contributed by atoms with Crippen LogP contribution in [0.4, 0.5) is 0 Å². The number of benzene rings is 1. The number of rotatable bonds is 1. The van der Waals surface area contributed by atoms with Gasteiger partial charge in [0.1, 0.15) is 11.4 Å². The van der Waals surface area contributed by atoms with Gasteiger partial charge in [-0.2, -0.15) is 0 Å². The molecule has 174 valence electrons. The lowest BCUT2D eigenvalue weighted by atomic mass is 9.84. The molecule has 3 N–H and O–H groups in total. The first kappa shape index (κ1) is 22.6. The number of nitrogens with zero attached hydrogens (tertiary/aromatic N) is 2. The maximum Gasteiger partial charge on any atom is 0.231 e. The lowest BCUT2D eigenvalue weighted by Gasteiger charge is -2.38. The fourth-order valence-corrected chi connectivity index (χ4v) is 5.25. The Morgan fingerprint density at radius 2 is 2.03 bits per heavy atom. The first-order chi connectivity index (χ1) is 15.2. The second kappa shape index (κ2) is 8.75. The molecule has 0 aliphatic carbocycles. The Bertz CT molecular complexity index is 926. The predicted octanol–water partition coefficient (Wildman–Crippen LogP) is 3.61. The number of hydrogen-bond acceptors (Lipinski definition) is 5. The van der Waals surface area contributed by atoms with Gasteiger partial charge in [-0.25, -0.2) is 4.99 Å². The van der Waals surface area contributed by atoms with Crippen LogP contribution in [0.15, 0.2) is 23.2 Å². The van der Waals surface area contributed by atoms with Crippen LogP contribution in [-0.4, -0.2) is 40.4 Å². The van der Waals surface area contributed by atoms with Gasteiger partial charge in [-0.3, -0.25) is 14.5 Å². The third-order valence-corrected chi connectivity index (χ3v) is 7.08. The van der Waals surface area contributed by atoms with E-state index in [4.69, 9.17) is 15.5 Å². The molecule has 0 spiro atoms. The van der Waals surface area contributed by atoms with Crippen molar-refractivity contribution in [1.82, 2.24) is 10.2 Å². The number of hydrogen-bond donors (Lipinski definition) is 2. The highest BCUT2D eigenvalue weighted by Gasteiger charge is 2.38. The van der Waals surface area contributed by atoms with Gasteiger partial charge < -0.3 is 15.8 Å². The van der Waals surface area contributed by atoms with Gasteiger partial charge in [-0.15, -0.1) is 0 Å². The van der Waals surface area contributed by atoms with Crippen molar-refractivity contribution in [1.29, 1.82) is 0 Å². The molecular weight excluding hydrogens is 404 g/mol. The topological polar surface area (TPSA) is 97.0 Å². The van der Waals surface area contributed by atoms with E-state index in [9.17, 15) is 9.59 Å². The summed E-state index contributed by atoms with van der Waals surface area (Å²) in [5, 5.41) is 3.21.